The standard InChI is InChI=1S/C20H16N6O2/c27-19(16-5-1-2-10-21-16)24-14-8-6-13(7-9-14)12-23-18-15-4-3-11-22-17(15)25-20(28)26-18/h1-11H,12H2,(H,24,27)(H2,22,23,25,26,28). The summed E-state index contributed by atoms with van der Waals surface area (Å²) < 4.78 is 0. The third-order valence-electron chi connectivity index (χ3n) is 4.07. The number of H-pyrrole nitrogens is 1. The Bertz CT molecular complexity index is 1170. The van der Waals surface area contributed by atoms with Crippen LogP contribution in [0.15, 0.2) is 71.8 Å². The minimum Gasteiger partial charge on any atom is -0.365 e. The molecule has 0 saturated carbocycles. The number of aromatic nitrogens is 4. The molecule has 138 valence electrons. The van der Waals surface area contributed by atoms with E-state index in [0.717, 1.165) is 10.9 Å². The minimum atomic E-state index is -0.457. The van der Waals surface area contributed by atoms with E-state index in [9.17, 15) is 9.59 Å². The number of hydrogen-bond acceptors (Lipinski definition) is 6. The van der Waals surface area contributed by atoms with Crippen LogP contribution in [0.3, 0.4) is 0 Å². The Morgan fingerprint density at radius 3 is 2.57 bits per heavy atom. The Morgan fingerprint density at radius 1 is 0.964 bits per heavy atom. The average Bonchev–Trinajstić information content (AvgIpc) is 2.73. The van der Waals surface area contributed by atoms with Crippen molar-refractivity contribution in [2.24, 2.45) is 0 Å². The van der Waals surface area contributed by atoms with Gasteiger partial charge in [0, 0.05) is 24.6 Å². The van der Waals surface area contributed by atoms with E-state index in [1.54, 1.807) is 36.7 Å². The largest absolute Gasteiger partial charge is 0.365 e. The lowest BCUT2D eigenvalue weighted by Gasteiger charge is -2.09. The number of hydrogen-bond donors (Lipinski definition) is 3. The highest BCUT2D eigenvalue weighted by molar-refractivity contribution is 6.02. The van der Waals surface area contributed by atoms with E-state index in [4.69, 9.17) is 0 Å². The van der Waals surface area contributed by atoms with E-state index >= 15 is 0 Å². The summed E-state index contributed by atoms with van der Waals surface area (Å²) >= 11 is 0. The fourth-order valence-electron chi connectivity index (χ4n) is 2.71. The van der Waals surface area contributed by atoms with Crippen molar-refractivity contribution >= 4 is 28.4 Å². The van der Waals surface area contributed by atoms with Crippen LogP contribution in [-0.2, 0) is 6.54 Å². The van der Waals surface area contributed by atoms with Crippen LogP contribution in [0.4, 0.5) is 11.5 Å². The Hall–Kier alpha value is -4.07. The molecule has 0 saturated heterocycles. The van der Waals surface area contributed by atoms with Crippen LogP contribution in [0.2, 0.25) is 0 Å². The molecule has 3 heterocycles. The summed E-state index contributed by atoms with van der Waals surface area (Å²) in [6.07, 6.45) is 3.19. The summed E-state index contributed by atoms with van der Waals surface area (Å²) in [7, 11) is 0. The first-order valence-electron chi connectivity index (χ1n) is 8.59. The molecule has 4 rings (SSSR count). The van der Waals surface area contributed by atoms with Crippen molar-refractivity contribution in [1.82, 2.24) is 19.9 Å². The first-order valence-corrected chi connectivity index (χ1v) is 8.59. The maximum absolute atomic E-state index is 12.1. The van der Waals surface area contributed by atoms with Crippen LogP contribution in [0.1, 0.15) is 16.1 Å². The Balaban J connectivity index is 1.44. The molecule has 0 spiro atoms. The van der Waals surface area contributed by atoms with Crippen molar-refractivity contribution in [1.29, 1.82) is 0 Å². The van der Waals surface area contributed by atoms with Crippen molar-refractivity contribution in [3.8, 4) is 0 Å². The molecular weight excluding hydrogens is 356 g/mol. The van der Waals surface area contributed by atoms with Gasteiger partial charge in [-0.25, -0.2) is 9.78 Å². The number of nitrogens with zero attached hydrogens (tertiary/aromatic N) is 3. The molecule has 0 atom stereocenters. The number of aromatic amines is 1. The predicted octanol–water partition coefficient (Wildman–Crippen LogP) is 2.58. The highest BCUT2D eigenvalue weighted by atomic mass is 16.2. The molecule has 0 unspecified atom stereocenters. The number of amides is 1. The minimum absolute atomic E-state index is 0.266. The van der Waals surface area contributed by atoms with Gasteiger partial charge in [-0.3, -0.25) is 14.8 Å². The molecule has 28 heavy (non-hydrogen) atoms. The van der Waals surface area contributed by atoms with E-state index in [2.05, 4.69) is 30.6 Å². The molecule has 3 aromatic heterocycles. The van der Waals surface area contributed by atoms with E-state index in [0.29, 0.717) is 29.4 Å². The molecule has 0 radical (unpaired) electrons. The van der Waals surface area contributed by atoms with Crippen LogP contribution < -0.4 is 16.3 Å². The number of rotatable bonds is 5. The number of nitrogens with one attached hydrogen (secondary N) is 3. The average molecular weight is 372 g/mol. The second-order valence-corrected chi connectivity index (χ2v) is 6.01. The number of anilines is 2. The number of pyridine rings is 2. The maximum atomic E-state index is 12.1. The van der Waals surface area contributed by atoms with Crippen LogP contribution >= 0.6 is 0 Å². The van der Waals surface area contributed by atoms with Gasteiger partial charge in [-0.15, -0.1) is 0 Å². The van der Waals surface area contributed by atoms with Crippen molar-refractivity contribution in [2.45, 2.75) is 6.54 Å². The van der Waals surface area contributed by atoms with Crippen molar-refractivity contribution in [2.75, 3.05) is 10.6 Å². The topological polar surface area (TPSA) is 113 Å². The van der Waals surface area contributed by atoms with Crippen molar-refractivity contribution in [3.05, 3.63) is 88.7 Å². The van der Waals surface area contributed by atoms with Crippen LogP contribution in [0.5, 0.6) is 0 Å². The lowest BCUT2D eigenvalue weighted by Crippen LogP contribution is -2.15. The smallest absolute Gasteiger partial charge is 0.348 e. The Morgan fingerprint density at radius 2 is 1.79 bits per heavy atom. The van der Waals surface area contributed by atoms with Crippen molar-refractivity contribution in [3.63, 3.8) is 0 Å². The SMILES string of the molecule is O=C(Nc1ccc(CNc2nc(=O)[nH]c3ncccc23)cc1)c1ccccn1. The van der Waals surface area contributed by atoms with Gasteiger partial charge >= 0.3 is 5.69 Å². The summed E-state index contributed by atoms with van der Waals surface area (Å²) in [6.45, 7) is 0.467. The fourth-order valence-corrected chi connectivity index (χ4v) is 2.71. The molecule has 0 aliphatic heterocycles. The molecule has 0 aliphatic carbocycles. The lowest BCUT2D eigenvalue weighted by molar-refractivity contribution is 0.102. The zero-order valence-electron chi connectivity index (χ0n) is 14.7. The van der Waals surface area contributed by atoms with Crippen LogP contribution in [0, 0.1) is 0 Å². The van der Waals surface area contributed by atoms with Gasteiger partial charge < -0.3 is 10.6 Å². The molecule has 8 nitrogen and oxygen atoms in total. The molecule has 0 aliphatic rings. The third kappa shape index (κ3) is 3.85. The molecular formula is C20H16N6O2. The number of carbonyl (C=O) groups excluding carboxylic acids is 1. The molecule has 0 fully saturated rings. The molecule has 3 N–H and O–H groups in total. The van der Waals surface area contributed by atoms with E-state index in [1.807, 2.05) is 30.3 Å². The van der Waals surface area contributed by atoms with Gasteiger partial charge in [0.1, 0.15) is 17.2 Å². The zero-order chi connectivity index (χ0) is 19.3. The van der Waals surface area contributed by atoms with Gasteiger partial charge in [-0.05, 0) is 42.0 Å². The first kappa shape index (κ1) is 17.3. The van der Waals surface area contributed by atoms with Crippen molar-refractivity contribution < 1.29 is 4.79 Å². The zero-order valence-corrected chi connectivity index (χ0v) is 14.7. The van der Waals surface area contributed by atoms with E-state index < -0.39 is 5.69 Å². The summed E-state index contributed by atoms with van der Waals surface area (Å²) in [5.41, 5.74) is 2.02. The Kier molecular flexibility index (Phi) is 4.75. The molecule has 0 bridgehead atoms. The van der Waals surface area contributed by atoms with Gasteiger partial charge in [0.05, 0.1) is 5.39 Å². The molecule has 1 amide bonds. The Labute approximate surface area is 159 Å². The maximum Gasteiger partial charge on any atom is 0.348 e. The second kappa shape index (κ2) is 7.67. The number of fused-ring (bicyclic) bond motifs is 1. The van der Waals surface area contributed by atoms with Gasteiger partial charge in [-0.1, -0.05) is 18.2 Å². The lowest BCUT2D eigenvalue weighted by atomic mass is 10.2. The van der Waals surface area contributed by atoms with E-state index in [1.165, 1.54) is 0 Å². The quantitative estimate of drug-likeness (QED) is 0.496. The summed E-state index contributed by atoms with van der Waals surface area (Å²) in [6, 6.07) is 16.2. The van der Waals surface area contributed by atoms with Gasteiger partial charge in [0.25, 0.3) is 5.91 Å². The number of benzene rings is 1. The highest BCUT2D eigenvalue weighted by Gasteiger charge is 2.07. The van der Waals surface area contributed by atoms with E-state index in [-0.39, 0.29) is 5.91 Å². The molecule has 4 aromatic rings. The van der Waals surface area contributed by atoms with Gasteiger partial charge in [0.2, 0.25) is 0 Å². The predicted molar refractivity (Wildman–Crippen MR) is 106 cm³/mol. The third-order valence-corrected chi connectivity index (χ3v) is 4.07. The van der Waals surface area contributed by atoms with Crippen LogP contribution in [0.25, 0.3) is 11.0 Å². The second-order valence-electron chi connectivity index (χ2n) is 6.01. The van der Waals surface area contributed by atoms with Gasteiger partial charge in [0.15, 0.2) is 0 Å². The summed E-state index contributed by atoms with van der Waals surface area (Å²) in [5, 5.41) is 6.70. The monoisotopic (exact) mass is 372 g/mol. The normalized spacial score (nSPS) is 10.6. The summed E-state index contributed by atoms with van der Waals surface area (Å²) in [5.74, 6) is 0.206. The van der Waals surface area contributed by atoms with Gasteiger partial charge in [-0.2, -0.15) is 4.98 Å². The molecule has 8 heteroatoms. The highest BCUT2D eigenvalue weighted by Crippen LogP contribution is 2.17. The first-order chi connectivity index (χ1) is 13.7. The molecule has 1 aromatic carbocycles. The summed E-state index contributed by atoms with van der Waals surface area (Å²) in [4.78, 5) is 38.6. The van der Waals surface area contributed by atoms with Crippen LogP contribution in [-0.4, -0.2) is 25.8 Å². The number of carbonyl (C=O) groups is 1. The fraction of sp³-hybridized carbons (Fsp3) is 0.0500.